The maximum absolute atomic E-state index is 12.6. The van der Waals surface area contributed by atoms with Crippen molar-refractivity contribution in [3.8, 4) is 0 Å². The number of hydrazine groups is 1. The number of hydrogen-bond acceptors (Lipinski definition) is 4. The van der Waals surface area contributed by atoms with E-state index in [0.717, 1.165) is 16.5 Å². The van der Waals surface area contributed by atoms with Crippen molar-refractivity contribution in [3.05, 3.63) is 42.5 Å². The zero-order chi connectivity index (χ0) is 14.2. The van der Waals surface area contributed by atoms with Crippen molar-refractivity contribution in [2.45, 2.75) is 5.25 Å². The van der Waals surface area contributed by atoms with Crippen molar-refractivity contribution in [2.24, 2.45) is 0 Å². The van der Waals surface area contributed by atoms with Gasteiger partial charge < -0.3 is 0 Å². The summed E-state index contributed by atoms with van der Waals surface area (Å²) < 4.78 is 26.6. The smallest absolute Gasteiger partial charge is 0.240 e. The summed E-state index contributed by atoms with van der Waals surface area (Å²) in [5.41, 5.74) is 6.45. The number of hydrogen-bond donors (Lipinski definition) is 2. The third-order valence-electron chi connectivity index (χ3n) is 3.69. The van der Waals surface area contributed by atoms with Gasteiger partial charge in [-0.3, -0.25) is 15.2 Å². The highest BCUT2D eigenvalue weighted by Gasteiger charge is 2.32. The summed E-state index contributed by atoms with van der Waals surface area (Å²) in [7, 11) is -1.75. The summed E-state index contributed by atoms with van der Waals surface area (Å²) in [6, 6.07) is 13.5. The Morgan fingerprint density at radius 3 is 2.45 bits per heavy atom. The molecule has 6 heteroatoms. The Kier molecular flexibility index (Phi) is 3.37. The highest BCUT2D eigenvalue weighted by Crippen LogP contribution is 2.28. The minimum atomic E-state index is -3.37. The Morgan fingerprint density at radius 2 is 1.70 bits per heavy atom. The molecule has 0 saturated carbocycles. The van der Waals surface area contributed by atoms with E-state index in [9.17, 15) is 8.42 Å². The minimum Gasteiger partial charge on any atom is -0.272 e. The first-order valence-electron chi connectivity index (χ1n) is 6.52. The van der Waals surface area contributed by atoms with Crippen molar-refractivity contribution < 1.29 is 8.42 Å². The zero-order valence-electron chi connectivity index (χ0n) is 11.2. The van der Waals surface area contributed by atoms with Gasteiger partial charge in [0, 0.05) is 25.5 Å². The third kappa shape index (κ3) is 2.15. The van der Waals surface area contributed by atoms with Gasteiger partial charge in [0.1, 0.15) is 5.25 Å². The monoisotopic (exact) mass is 291 g/mol. The lowest BCUT2D eigenvalue weighted by Gasteiger charge is -2.24. The number of benzene rings is 2. The quantitative estimate of drug-likeness (QED) is 0.888. The second-order valence-corrected chi connectivity index (χ2v) is 7.14. The third-order valence-corrected chi connectivity index (χ3v) is 5.83. The Bertz CT molecular complexity index is 719. The highest BCUT2D eigenvalue weighted by atomic mass is 32.2. The molecule has 0 atom stereocenters. The molecule has 1 fully saturated rings. The van der Waals surface area contributed by atoms with E-state index < -0.39 is 15.3 Å². The lowest BCUT2D eigenvalue weighted by Crippen LogP contribution is -2.39. The Hall–Kier alpha value is -1.63. The van der Waals surface area contributed by atoms with E-state index in [1.807, 2.05) is 42.5 Å². The zero-order valence-corrected chi connectivity index (χ0v) is 12.0. The van der Waals surface area contributed by atoms with Crippen LogP contribution in [0.5, 0.6) is 0 Å². The average molecular weight is 291 g/mol. The first-order valence-corrected chi connectivity index (χ1v) is 8.02. The van der Waals surface area contributed by atoms with E-state index in [1.54, 1.807) is 7.05 Å². The number of nitrogens with zero attached hydrogens (tertiary/aromatic N) is 1. The molecule has 2 aromatic carbocycles. The molecule has 2 aromatic rings. The van der Waals surface area contributed by atoms with Gasteiger partial charge in [-0.2, -0.15) is 0 Å². The number of rotatable bonds is 3. The van der Waals surface area contributed by atoms with Crippen molar-refractivity contribution in [2.75, 3.05) is 24.4 Å². The van der Waals surface area contributed by atoms with Crippen LogP contribution < -0.4 is 15.2 Å². The van der Waals surface area contributed by atoms with Crippen LogP contribution in [0.25, 0.3) is 10.8 Å². The molecule has 2 N–H and O–H groups in total. The molecule has 0 unspecified atom stereocenters. The van der Waals surface area contributed by atoms with Gasteiger partial charge in [-0.25, -0.2) is 8.42 Å². The number of nitrogens with one attached hydrogen (secondary N) is 2. The van der Waals surface area contributed by atoms with Crippen LogP contribution >= 0.6 is 0 Å². The molecular formula is C14H17N3O2S. The van der Waals surface area contributed by atoms with E-state index in [0.29, 0.717) is 13.1 Å². The fourth-order valence-electron chi connectivity index (χ4n) is 2.50. The first kappa shape index (κ1) is 13.4. The van der Waals surface area contributed by atoms with Gasteiger partial charge in [-0.15, -0.1) is 0 Å². The van der Waals surface area contributed by atoms with Crippen LogP contribution in [0.1, 0.15) is 0 Å². The molecule has 0 bridgehead atoms. The standard InChI is InChI=1S/C14H17N3O2S/c1-17(20(18,19)12-9-15-16-10-12)14-8-4-6-11-5-2-3-7-13(11)14/h2-8,12,15-16H,9-10H2,1H3. The predicted octanol–water partition coefficient (Wildman–Crippen LogP) is 1.08. The largest absolute Gasteiger partial charge is 0.272 e. The van der Waals surface area contributed by atoms with Gasteiger partial charge in [0.05, 0.1) is 5.69 Å². The molecule has 0 aliphatic carbocycles. The predicted molar refractivity (Wildman–Crippen MR) is 81.1 cm³/mol. The molecule has 0 aromatic heterocycles. The molecule has 3 rings (SSSR count). The lowest BCUT2D eigenvalue weighted by molar-refractivity contribution is 0.583. The fourth-order valence-corrected chi connectivity index (χ4v) is 3.97. The highest BCUT2D eigenvalue weighted by molar-refractivity contribution is 7.93. The van der Waals surface area contributed by atoms with Crippen molar-refractivity contribution in [1.29, 1.82) is 0 Å². The Morgan fingerprint density at radius 1 is 1.05 bits per heavy atom. The van der Waals surface area contributed by atoms with E-state index in [1.165, 1.54) is 4.31 Å². The molecule has 5 nitrogen and oxygen atoms in total. The van der Waals surface area contributed by atoms with Crippen LogP contribution in [-0.4, -0.2) is 33.8 Å². The molecule has 1 saturated heterocycles. The van der Waals surface area contributed by atoms with E-state index in [2.05, 4.69) is 10.9 Å². The van der Waals surface area contributed by atoms with Crippen LogP contribution in [0.2, 0.25) is 0 Å². The van der Waals surface area contributed by atoms with E-state index in [4.69, 9.17) is 0 Å². The van der Waals surface area contributed by atoms with Gasteiger partial charge >= 0.3 is 0 Å². The number of sulfonamides is 1. The second kappa shape index (κ2) is 5.05. The summed E-state index contributed by atoms with van der Waals surface area (Å²) in [5.74, 6) is 0. The summed E-state index contributed by atoms with van der Waals surface area (Å²) in [4.78, 5) is 0. The van der Waals surface area contributed by atoms with Crippen molar-refractivity contribution in [1.82, 2.24) is 10.9 Å². The van der Waals surface area contributed by atoms with E-state index >= 15 is 0 Å². The summed E-state index contributed by atoms with van der Waals surface area (Å²) in [6.45, 7) is 0.856. The molecular weight excluding hydrogens is 274 g/mol. The van der Waals surface area contributed by atoms with Crippen LogP contribution in [0, 0.1) is 0 Å². The van der Waals surface area contributed by atoms with Crippen LogP contribution in [-0.2, 0) is 10.0 Å². The van der Waals surface area contributed by atoms with Gasteiger partial charge in [0.15, 0.2) is 0 Å². The average Bonchev–Trinajstić information content (AvgIpc) is 3.01. The molecule has 1 aliphatic rings. The van der Waals surface area contributed by atoms with Gasteiger partial charge in [0.25, 0.3) is 0 Å². The fraction of sp³-hybridized carbons (Fsp3) is 0.286. The van der Waals surface area contributed by atoms with E-state index in [-0.39, 0.29) is 0 Å². The molecule has 0 amide bonds. The number of anilines is 1. The lowest BCUT2D eigenvalue weighted by atomic mass is 10.1. The minimum absolute atomic E-state index is 0.428. The maximum atomic E-state index is 12.6. The van der Waals surface area contributed by atoms with Crippen molar-refractivity contribution >= 4 is 26.5 Å². The van der Waals surface area contributed by atoms with Gasteiger partial charge in [-0.05, 0) is 11.5 Å². The topological polar surface area (TPSA) is 61.4 Å². The number of fused-ring (bicyclic) bond motifs is 1. The molecule has 20 heavy (non-hydrogen) atoms. The molecule has 106 valence electrons. The van der Waals surface area contributed by atoms with Crippen LogP contribution in [0.15, 0.2) is 42.5 Å². The maximum Gasteiger partial charge on any atom is 0.240 e. The normalized spacial score (nSPS) is 16.6. The van der Waals surface area contributed by atoms with Crippen LogP contribution in [0.3, 0.4) is 0 Å². The second-order valence-electron chi connectivity index (χ2n) is 4.89. The molecule has 1 heterocycles. The molecule has 1 aliphatic heterocycles. The first-order chi connectivity index (χ1) is 9.60. The summed E-state index contributed by atoms with van der Waals surface area (Å²) >= 11 is 0. The Balaban J connectivity index is 2.06. The molecule has 0 radical (unpaired) electrons. The van der Waals surface area contributed by atoms with Crippen LogP contribution in [0.4, 0.5) is 5.69 Å². The van der Waals surface area contributed by atoms with Crippen molar-refractivity contribution in [3.63, 3.8) is 0 Å². The van der Waals surface area contributed by atoms with Gasteiger partial charge in [0.2, 0.25) is 10.0 Å². The SMILES string of the molecule is CN(c1cccc2ccccc12)S(=O)(=O)C1CNNC1. The Labute approximate surface area is 118 Å². The summed E-state index contributed by atoms with van der Waals surface area (Å²) in [6.07, 6.45) is 0. The summed E-state index contributed by atoms with van der Waals surface area (Å²) in [5, 5.41) is 1.54. The molecule has 0 spiro atoms. The van der Waals surface area contributed by atoms with Gasteiger partial charge in [-0.1, -0.05) is 36.4 Å².